The van der Waals surface area contributed by atoms with Gasteiger partial charge in [0.15, 0.2) is 0 Å². The van der Waals surface area contributed by atoms with Crippen LogP contribution in [0.25, 0.3) is 0 Å². The smallest absolute Gasteiger partial charge is 0.123 e. The van der Waals surface area contributed by atoms with Gasteiger partial charge in [-0.15, -0.1) is 11.8 Å². The van der Waals surface area contributed by atoms with Gasteiger partial charge in [0.1, 0.15) is 5.82 Å². The summed E-state index contributed by atoms with van der Waals surface area (Å²) < 4.78 is 12.7. The Balaban J connectivity index is 2.60. The Morgan fingerprint density at radius 3 is 2.29 bits per heavy atom. The third kappa shape index (κ3) is 3.31. The summed E-state index contributed by atoms with van der Waals surface area (Å²) in [6, 6.07) is 6.90. The van der Waals surface area contributed by atoms with Crippen LogP contribution in [0.2, 0.25) is 0 Å². The van der Waals surface area contributed by atoms with Gasteiger partial charge in [-0.05, 0) is 37.8 Å². The van der Waals surface area contributed by atoms with Gasteiger partial charge in [-0.3, -0.25) is 5.32 Å². The average Bonchev–Trinajstić information content (AvgIpc) is 2.18. The van der Waals surface area contributed by atoms with Crippen LogP contribution in [0.15, 0.2) is 24.3 Å². The van der Waals surface area contributed by atoms with Crippen molar-refractivity contribution in [3.8, 4) is 0 Å². The molecule has 3 heteroatoms. The maximum atomic E-state index is 12.7. The highest BCUT2D eigenvalue weighted by Crippen LogP contribution is 2.15. The molecule has 0 bridgehead atoms. The summed E-state index contributed by atoms with van der Waals surface area (Å²) in [6.07, 6.45) is 2.06. The molecule has 0 aliphatic heterocycles. The molecule has 0 amide bonds. The zero-order valence-corrected chi connectivity index (χ0v) is 9.57. The molecular weight excluding hydrogens is 197 g/mol. The fraction of sp³-hybridized carbons (Fsp3) is 0.455. The second-order valence-electron chi connectivity index (χ2n) is 3.32. The Hall–Kier alpha value is -0.540. The predicted octanol–water partition coefficient (Wildman–Crippen LogP) is 3.19. The van der Waals surface area contributed by atoms with E-state index in [1.165, 1.54) is 12.1 Å². The molecule has 0 aromatic heterocycles. The topological polar surface area (TPSA) is 12.0 Å². The van der Waals surface area contributed by atoms with E-state index in [1.54, 1.807) is 11.8 Å². The van der Waals surface area contributed by atoms with Crippen LogP contribution in [0.5, 0.6) is 0 Å². The lowest BCUT2D eigenvalue weighted by atomic mass is 10.1. The van der Waals surface area contributed by atoms with E-state index in [-0.39, 0.29) is 11.9 Å². The van der Waals surface area contributed by atoms with Crippen LogP contribution in [-0.2, 0) is 0 Å². The zero-order chi connectivity index (χ0) is 10.6. The van der Waals surface area contributed by atoms with E-state index in [0.717, 1.165) is 5.56 Å². The van der Waals surface area contributed by atoms with Crippen LogP contribution in [-0.4, -0.2) is 11.6 Å². The van der Waals surface area contributed by atoms with Crippen LogP contribution in [0.3, 0.4) is 0 Å². The lowest BCUT2D eigenvalue weighted by molar-refractivity contribution is 0.569. The molecule has 0 aliphatic rings. The number of thioether (sulfide) groups is 1. The van der Waals surface area contributed by atoms with Crippen molar-refractivity contribution in [3.05, 3.63) is 35.6 Å². The monoisotopic (exact) mass is 213 g/mol. The number of benzene rings is 1. The van der Waals surface area contributed by atoms with Gasteiger partial charge in [-0.2, -0.15) is 0 Å². The standard InChI is InChI=1S/C11H16FNS/c1-8(13-9(2)14-3)10-4-6-11(12)7-5-10/h4-9,13H,1-3H3/t8?,9-/m0/s1. The molecule has 0 saturated carbocycles. The summed E-state index contributed by atoms with van der Waals surface area (Å²) in [6.45, 7) is 4.20. The Morgan fingerprint density at radius 1 is 1.21 bits per heavy atom. The van der Waals surface area contributed by atoms with Crippen molar-refractivity contribution < 1.29 is 4.39 Å². The number of hydrogen-bond acceptors (Lipinski definition) is 2. The Bertz CT molecular complexity index is 273. The summed E-state index contributed by atoms with van der Waals surface area (Å²) in [5, 5.41) is 3.82. The average molecular weight is 213 g/mol. The van der Waals surface area contributed by atoms with E-state index in [1.807, 2.05) is 12.1 Å². The molecule has 2 atom stereocenters. The van der Waals surface area contributed by atoms with E-state index in [0.29, 0.717) is 5.37 Å². The minimum atomic E-state index is -0.182. The van der Waals surface area contributed by atoms with Crippen molar-refractivity contribution >= 4 is 11.8 Å². The number of hydrogen-bond donors (Lipinski definition) is 1. The molecule has 14 heavy (non-hydrogen) atoms. The molecule has 1 unspecified atom stereocenters. The quantitative estimate of drug-likeness (QED) is 0.771. The molecule has 1 aromatic rings. The fourth-order valence-electron chi connectivity index (χ4n) is 1.27. The van der Waals surface area contributed by atoms with Crippen LogP contribution in [0.4, 0.5) is 4.39 Å². The molecule has 0 spiro atoms. The Labute approximate surface area is 89.1 Å². The van der Waals surface area contributed by atoms with E-state index in [9.17, 15) is 4.39 Å². The number of nitrogens with one attached hydrogen (secondary N) is 1. The van der Waals surface area contributed by atoms with E-state index in [2.05, 4.69) is 25.4 Å². The SMILES string of the molecule is CS[C@@H](C)NC(C)c1ccc(F)cc1. The summed E-state index contributed by atoms with van der Waals surface area (Å²) in [5.41, 5.74) is 1.12. The zero-order valence-electron chi connectivity index (χ0n) is 8.75. The largest absolute Gasteiger partial charge is 0.299 e. The third-order valence-electron chi connectivity index (χ3n) is 2.21. The van der Waals surface area contributed by atoms with Gasteiger partial charge in [-0.1, -0.05) is 12.1 Å². The predicted molar refractivity (Wildman–Crippen MR) is 60.9 cm³/mol. The molecule has 1 rings (SSSR count). The van der Waals surface area contributed by atoms with Gasteiger partial charge < -0.3 is 0 Å². The van der Waals surface area contributed by atoms with Gasteiger partial charge in [-0.25, -0.2) is 4.39 Å². The van der Waals surface area contributed by atoms with Gasteiger partial charge in [0.2, 0.25) is 0 Å². The van der Waals surface area contributed by atoms with Crippen LogP contribution in [0, 0.1) is 5.82 Å². The molecule has 0 radical (unpaired) electrons. The molecule has 1 aromatic carbocycles. The van der Waals surface area contributed by atoms with Crippen LogP contribution in [0.1, 0.15) is 25.5 Å². The van der Waals surface area contributed by atoms with Crippen LogP contribution < -0.4 is 5.32 Å². The molecule has 0 heterocycles. The third-order valence-corrected chi connectivity index (χ3v) is 3.05. The summed E-state index contributed by atoms with van der Waals surface area (Å²) in [7, 11) is 0. The molecule has 78 valence electrons. The summed E-state index contributed by atoms with van der Waals surface area (Å²) in [4.78, 5) is 0. The molecular formula is C11H16FNS. The highest BCUT2D eigenvalue weighted by Gasteiger charge is 2.07. The Morgan fingerprint density at radius 2 is 1.79 bits per heavy atom. The molecule has 1 N–H and O–H groups in total. The number of halogens is 1. The minimum absolute atomic E-state index is 0.182. The lowest BCUT2D eigenvalue weighted by Gasteiger charge is -2.18. The lowest BCUT2D eigenvalue weighted by Crippen LogP contribution is -2.25. The van der Waals surface area contributed by atoms with Crippen LogP contribution >= 0.6 is 11.8 Å². The van der Waals surface area contributed by atoms with Crippen molar-refractivity contribution in [1.82, 2.24) is 5.32 Å². The second kappa shape index (κ2) is 5.37. The highest BCUT2D eigenvalue weighted by atomic mass is 32.2. The molecule has 1 nitrogen and oxygen atoms in total. The van der Waals surface area contributed by atoms with Crippen molar-refractivity contribution in [2.45, 2.75) is 25.3 Å². The first kappa shape index (κ1) is 11.5. The first-order chi connectivity index (χ1) is 6.63. The fourth-order valence-corrected chi connectivity index (χ4v) is 1.61. The van der Waals surface area contributed by atoms with Crippen molar-refractivity contribution in [2.24, 2.45) is 0 Å². The van der Waals surface area contributed by atoms with E-state index in [4.69, 9.17) is 0 Å². The van der Waals surface area contributed by atoms with E-state index >= 15 is 0 Å². The molecule has 0 aliphatic carbocycles. The van der Waals surface area contributed by atoms with Crippen molar-refractivity contribution in [2.75, 3.05) is 6.26 Å². The minimum Gasteiger partial charge on any atom is -0.299 e. The summed E-state index contributed by atoms with van der Waals surface area (Å²) >= 11 is 1.77. The Kier molecular flexibility index (Phi) is 4.42. The molecule has 0 saturated heterocycles. The maximum Gasteiger partial charge on any atom is 0.123 e. The van der Waals surface area contributed by atoms with E-state index < -0.39 is 0 Å². The normalized spacial score (nSPS) is 15.1. The number of rotatable bonds is 4. The van der Waals surface area contributed by atoms with Gasteiger partial charge in [0.25, 0.3) is 0 Å². The van der Waals surface area contributed by atoms with Gasteiger partial charge in [0.05, 0.1) is 5.37 Å². The highest BCUT2D eigenvalue weighted by molar-refractivity contribution is 7.99. The van der Waals surface area contributed by atoms with Gasteiger partial charge in [0, 0.05) is 6.04 Å². The first-order valence-electron chi connectivity index (χ1n) is 4.68. The van der Waals surface area contributed by atoms with Gasteiger partial charge >= 0.3 is 0 Å². The van der Waals surface area contributed by atoms with Crippen molar-refractivity contribution in [3.63, 3.8) is 0 Å². The second-order valence-corrected chi connectivity index (χ2v) is 4.50. The maximum absolute atomic E-state index is 12.7. The van der Waals surface area contributed by atoms with Crippen molar-refractivity contribution in [1.29, 1.82) is 0 Å². The molecule has 0 fully saturated rings. The first-order valence-corrected chi connectivity index (χ1v) is 5.96. The summed E-state index contributed by atoms with van der Waals surface area (Å²) in [5.74, 6) is -0.182.